The lowest BCUT2D eigenvalue weighted by Gasteiger charge is -2.20. The van der Waals surface area contributed by atoms with Crippen LogP contribution in [0.15, 0.2) is 551 Å². The number of benzene rings is 27. The lowest BCUT2D eigenvalue weighted by atomic mass is 9.83. The average molecular weight is 1900 g/mol. The van der Waals surface area contributed by atoms with Crippen molar-refractivity contribution < 1.29 is 38.2 Å². The summed E-state index contributed by atoms with van der Waals surface area (Å²) in [5.74, 6) is 0. The zero-order chi connectivity index (χ0) is 110. The molecular weight excluding hydrogens is 1790 g/mol. The van der Waals surface area contributed by atoms with E-state index in [0.29, 0.717) is 16.7 Å². The topological polar surface area (TPSA) is 52.6 Å². The van der Waals surface area contributed by atoms with Crippen LogP contribution in [0.25, 0.3) is 307 Å². The van der Waals surface area contributed by atoms with Crippen LogP contribution < -0.4 is 0 Å². The molecule has 0 bridgehead atoms. The van der Waals surface area contributed by atoms with E-state index in [1.807, 2.05) is 182 Å². The molecule has 0 amide bonds. The van der Waals surface area contributed by atoms with Crippen LogP contribution in [0.1, 0.15) is 20.6 Å². The number of rotatable bonds is 11. The van der Waals surface area contributed by atoms with Gasteiger partial charge in [-0.2, -0.15) is 0 Å². The first-order chi connectivity index (χ1) is 79.7. The van der Waals surface area contributed by atoms with Crippen molar-refractivity contribution in [3.63, 3.8) is 0 Å². The molecule has 31 rings (SSSR count). The minimum atomic E-state index is -0.408. The van der Waals surface area contributed by atoms with Gasteiger partial charge in [0.1, 0.15) is 44.7 Å². The largest absolute Gasteiger partial charge is 0.456 e. The van der Waals surface area contributed by atoms with Crippen molar-refractivity contribution in [1.82, 2.24) is 0 Å². The zero-order valence-corrected chi connectivity index (χ0v) is 79.3. The summed E-state index contributed by atoms with van der Waals surface area (Å²) in [6, 6.07) is 147. The van der Waals surface area contributed by atoms with E-state index in [1.54, 1.807) is 0 Å². The van der Waals surface area contributed by atoms with Crippen molar-refractivity contribution in [2.75, 3.05) is 0 Å². The Balaban J connectivity index is 0.000000113. The number of furan rings is 4. The summed E-state index contributed by atoms with van der Waals surface area (Å²) in [5, 5.41) is 25.6. The Bertz CT molecular complexity index is 11600. The fourth-order valence-corrected chi connectivity index (χ4v) is 23.6. The molecule has 0 unspecified atom stereocenters. The predicted molar refractivity (Wildman–Crippen MR) is 626 cm³/mol. The van der Waals surface area contributed by atoms with Crippen LogP contribution in [0, 0.1) is 0 Å². The lowest BCUT2D eigenvalue weighted by Crippen LogP contribution is -1.92. The molecule has 0 radical (unpaired) electrons. The van der Waals surface area contributed by atoms with Gasteiger partial charge in [-0.05, 0) is 281 Å². The second-order valence-corrected chi connectivity index (χ2v) is 37.5. The molecule has 0 atom stereocenters. The van der Waals surface area contributed by atoms with E-state index in [4.69, 9.17) is 38.2 Å². The van der Waals surface area contributed by atoms with Gasteiger partial charge in [-0.25, -0.2) is 0 Å². The monoisotopic (exact) mass is 1900 g/mol. The van der Waals surface area contributed by atoms with Gasteiger partial charge < -0.3 is 17.7 Å². The molecule has 4 aromatic heterocycles. The Kier molecular flexibility index (Phi) is 16.9. The molecule has 0 saturated heterocycles. The van der Waals surface area contributed by atoms with Crippen LogP contribution in [0.4, 0.5) is 0 Å². The van der Waals surface area contributed by atoms with Crippen LogP contribution in [-0.2, 0) is 0 Å². The van der Waals surface area contributed by atoms with E-state index in [-0.39, 0.29) is 89.2 Å². The van der Waals surface area contributed by atoms with Gasteiger partial charge in [0.05, 0.1) is 20.6 Å². The van der Waals surface area contributed by atoms with E-state index < -0.39 is 18.1 Å². The normalized spacial score (nSPS) is 13.2. The quantitative estimate of drug-likeness (QED) is 0.121. The van der Waals surface area contributed by atoms with E-state index in [0.717, 1.165) is 274 Å². The SMILES string of the molecule is [2H]c1c([2H])c([2H])c(-c2c3ccccc3c(-c3cccc4c(-c5ccc6oc7ccccc7c6c5)cccc34)c3ccccc23)c([2H])c1[2H].[2H]c1c([2H])c([2H])c(-c2c3ccccc3c(-c3cccc4c(-c5ccc6oc7ccccc7c6c5-c5ccc6oc7ccccc7c6c5)cccc34)c3ccccc23)c([2H])c1[2H].[2H]c1c([2H])c([2H])c(-c2c3ccccc3c(-c3cccc4c(-c5ccc6oc7ccccc7c6c5-c5ccccc5)cccc34)c3ccccc23)c([2H])c1[2H]. The van der Waals surface area contributed by atoms with Crippen molar-refractivity contribution in [3.05, 3.63) is 533 Å². The first kappa shape index (κ1) is 71.0. The maximum Gasteiger partial charge on any atom is 0.136 e. The summed E-state index contributed by atoms with van der Waals surface area (Å²) in [4.78, 5) is 0. The van der Waals surface area contributed by atoms with Gasteiger partial charge in [0.25, 0.3) is 0 Å². The summed E-state index contributed by atoms with van der Waals surface area (Å²) >= 11 is 0. The van der Waals surface area contributed by atoms with E-state index in [9.17, 15) is 0 Å². The predicted octanol–water partition coefficient (Wildman–Crippen LogP) is 41.4. The number of para-hydroxylation sites is 4. The average Bonchev–Trinajstić information content (AvgIpc) is 1.41. The first-order valence-electron chi connectivity index (χ1n) is 57.1. The van der Waals surface area contributed by atoms with E-state index in [2.05, 4.69) is 261 Å². The summed E-state index contributed by atoms with van der Waals surface area (Å²) in [6.45, 7) is 0. The maximum absolute atomic E-state index is 9.00. The second kappa shape index (κ2) is 35.3. The summed E-state index contributed by atoms with van der Waals surface area (Å²) in [7, 11) is 0. The van der Waals surface area contributed by atoms with Gasteiger partial charge >= 0.3 is 0 Å². The molecule has 0 aliphatic carbocycles. The Hall–Kier alpha value is -19.5. The summed E-state index contributed by atoms with van der Waals surface area (Å²) in [5.41, 5.74) is 26.4. The maximum atomic E-state index is 9.00. The van der Waals surface area contributed by atoms with Crippen LogP contribution in [0.2, 0.25) is 0 Å². The molecule has 0 spiro atoms. The fraction of sp³-hybridized carbons (Fsp3) is 0. The van der Waals surface area contributed by atoms with Crippen molar-refractivity contribution in [2.45, 2.75) is 0 Å². The van der Waals surface area contributed by atoms with Crippen LogP contribution in [0.5, 0.6) is 0 Å². The minimum absolute atomic E-state index is 0.196. The lowest BCUT2D eigenvalue weighted by molar-refractivity contribution is 0.668. The molecule has 0 aliphatic heterocycles. The van der Waals surface area contributed by atoms with E-state index >= 15 is 0 Å². The van der Waals surface area contributed by atoms with Gasteiger partial charge in [-0.3, -0.25) is 0 Å². The van der Waals surface area contributed by atoms with E-state index in [1.165, 1.54) is 0 Å². The smallest absolute Gasteiger partial charge is 0.136 e. The highest BCUT2D eigenvalue weighted by Gasteiger charge is 2.28. The zero-order valence-electron chi connectivity index (χ0n) is 94.3. The Morgan fingerprint density at radius 2 is 0.345 bits per heavy atom. The molecule has 31 aromatic rings. The first-order valence-corrected chi connectivity index (χ1v) is 49.6. The minimum Gasteiger partial charge on any atom is -0.456 e. The van der Waals surface area contributed by atoms with Gasteiger partial charge in [-0.15, -0.1) is 0 Å². The molecule has 4 heterocycles. The van der Waals surface area contributed by atoms with Crippen molar-refractivity contribution in [2.24, 2.45) is 0 Å². The van der Waals surface area contributed by atoms with Gasteiger partial charge in [-0.1, -0.05) is 461 Å². The molecule has 688 valence electrons. The Morgan fingerprint density at radius 3 is 0.689 bits per heavy atom. The Labute approximate surface area is 873 Å². The van der Waals surface area contributed by atoms with Crippen molar-refractivity contribution in [3.8, 4) is 122 Å². The number of hydrogen-bond acceptors (Lipinski definition) is 4. The molecule has 27 aromatic carbocycles. The van der Waals surface area contributed by atoms with Gasteiger partial charge in [0.15, 0.2) is 0 Å². The number of fused-ring (bicyclic) bond motifs is 21. The third-order valence-corrected chi connectivity index (χ3v) is 29.7. The third kappa shape index (κ3) is 13.9. The molecule has 4 heteroatoms. The van der Waals surface area contributed by atoms with Crippen LogP contribution in [0.3, 0.4) is 0 Å². The highest BCUT2D eigenvalue weighted by Crippen LogP contribution is 2.55. The fourth-order valence-electron chi connectivity index (χ4n) is 23.6. The molecule has 0 saturated carbocycles. The molecule has 4 nitrogen and oxygen atoms in total. The summed E-state index contributed by atoms with van der Waals surface area (Å²) < 4.78 is 155. The molecule has 0 N–H and O–H groups in total. The molecule has 0 aliphatic rings. The standard InChI is InChI=1S/C54H32O2.C48H30O.C42H26O/c1-2-14-33(15-3-1)51-40-17-4-6-19-42(40)53(43-20-7-5-18-41(43)51)39-25-13-22-35-36(39)23-12-24-37(35)44-29-31-50-54(45-21-9-11-27-48(45)56-50)52(44)34-28-30-49-46(32-34)38-16-8-10-26-47(38)55-49;1-3-15-31(16-4-1)45-37-19-7-9-21-39(37)47(40-22-10-8-20-38(40)45)36-27-14-24-33-34(36)25-13-26-35(33)41-29-30-44-48(42-23-11-12-28-43(42)49-44)46(41)32-17-5-2-6-18-32;1-2-12-27(13-3-1)41-34-15-4-6-17-36(34)42(37-18-7-5-16-35(37)41)33-22-11-20-30-29(19-10-21-31(30)33)28-24-25-40-38(26-28)32-14-8-9-23-39(32)43-40/h1-32H;1-30H;1-26H/i1D,2D,3D,14D,15D;1D,3D,4D,15D,16D;1D,2D,3D,12D,13D. The highest BCUT2D eigenvalue weighted by molar-refractivity contribution is 6.30. The summed E-state index contributed by atoms with van der Waals surface area (Å²) in [6.07, 6.45) is 0. The highest BCUT2D eigenvalue weighted by atomic mass is 16.3. The molecular formula is C144H88O4. The second-order valence-electron chi connectivity index (χ2n) is 37.5. The van der Waals surface area contributed by atoms with Gasteiger partial charge in [0.2, 0.25) is 0 Å². The third-order valence-electron chi connectivity index (χ3n) is 29.7. The van der Waals surface area contributed by atoms with Gasteiger partial charge in [0, 0.05) is 54.2 Å². The van der Waals surface area contributed by atoms with Crippen LogP contribution in [-0.4, -0.2) is 0 Å². The Morgan fingerprint density at radius 1 is 0.115 bits per heavy atom. The van der Waals surface area contributed by atoms with Crippen molar-refractivity contribution in [1.29, 1.82) is 0 Å². The van der Waals surface area contributed by atoms with Crippen molar-refractivity contribution >= 4 is 185 Å². The van der Waals surface area contributed by atoms with Crippen LogP contribution >= 0.6 is 0 Å². The molecule has 148 heavy (non-hydrogen) atoms. The molecule has 0 fully saturated rings. The number of hydrogen-bond donors (Lipinski definition) is 0.